The lowest BCUT2D eigenvalue weighted by Gasteiger charge is -2.18. The van der Waals surface area contributed by atoms with Crippen molar-refractivity contribution in [1.82, 2.24) is 10.6 Å². The van der Waals surface area contributed by atoms with E-state index in [-0.39, 0.29) is 47.6 Å². The molecular formula is C11H21F3IN3O2S. The van der Waals surface area contributed by atoms with Crippen LogP contribution in [0.5, 0.6) is 0 Å². The van der Waals surface area contributed by atoms with E-state index < -0.39 is 22.4 Å². The van der Waals surface area contributed by atoms with Crippen molar-refractivity contribution in [2.75, 3.05) is 32.1 Å². The summed E-state index contributed by atoms with van der Waals surface area (Å²) in [6.45, 7) is 0.133. The maximum Gasteiger partial charge on any atom is 0.390 e. The average molecular weight is 443 g/mol. The van der Waals surface area contributed by atoms with Crippen molar-refractivity contribution < 1.29 is 21.6 Å². The average Bonchev–Trinajstić information content (AvgIpc) is 2.99. The number of hydrogen-bond donors (Lipinski definition) is 2. The molecule has 5 nitrogen and oxygen atoms in total. The van der Waals surface area contributed by atoms with Crippen molar-refractivity contribution >= 4 is 39.8 Å². The summed E-state index contributed by atoms with van der Waals surface area (Å²) in [4.78, 5) is 3.81. The van der Waals surface area contributed by atoms with E-state index in [2.05, 4.69) is 15.6 Å². The van der Waals surface area contributed by atoms with Gasteiger partial charge in [-0.3, -0.25) is 4.99 Å². The fourth-order valence-electron chi connectivity index (χ4n) is 1.92. The number of aliphatic imine (C=N–C) groups is 1. The van der Waals surface area contributed by atoms with Crippen LogP contribution in [0.25, 0.3) is 0 Å². The van der Waals surface area contributed by atoms with Gasteiger partial charge in [-0.2, -0.15) is 13.2 Å². The quantitative estimate of drug-likeness (QED) is 0.372. The number of halogens is 4. The summed E-state index contributed by atoms with van der Waals surface area (Å²) in [6.07, 6.45) is -2.37. The Bertz CT molecular complexity index is 462. The summed E-state index contributed by atoms with van der Waals surface area (Å²) in [5.74, 6) is 0.348. The van der Waals surface area contributed by atoms with Gasteiger partial charge in [0.15, 0.2) is 5.96 Å². The van der Waals surface area contributed by atoms with E-state index in [0.717, 1.165) is 12.8 Å². The topological polar surface area (TPSA) is 70.6 Å². The maximum absolute atomic E-state index is 12.0. The highest BCUT2D eigenvalue weighted by Gasteiger charge is 2.45. The van der Waals surface area contributed by atoms with Crippen LogP contribution in [0.3, 0.4) is 0 Å². The molecule has 2 N–H and O–H groups in total. The van der Waals surface area contributed by atoms with Crippen LogP contribution in [0.15, 0.2) is 4.99 Å². The van der Waals surface area contributed by atoms with Crippen molar-refractivity contribution in [2.45, 2.75) is 25.4 Å². The minimum atomic E-state index is -4.21. The zero-order valence-electron chi connectivity index (χ0n) is 12.0. The van der Waals surface area contributed by atoms with E-state index in [1.807, 2.05) is 0 Å². The minimum Gasteiger partial charge on any atom is -0.356 e. The van der Waals surface area contributed by atoms with Gasteiger partial charge in [0.1, 0.15) is 9.84 Å². The number of nitrogens with one attached hydrogen (secondary N) is 2. The second kappa shape index (κ2) is 7.84. The van der Waals surface area contributed by atoms with Crippen molar-refractivity contribution in [3.63, 3.8) is 0 Å². The highest BCUT2D eigenvalue weighted by atomic mass is 127. The standard InChI is InChI=1S/C11H20F3N3O2S.HI/c1-15-9(16-6-5-11(12,13)14)17-7-10(3-4-10)8-20(2,18)19;/h3-8H2,1-2H3,(H2,15,16,17);1H. The van der Waals surface area contributed by atoms with E-state index in [4.69, 9.17) is 0 Å². The first-order chi connectivity index (χ1) is 9.05. The Balaban J connectivity index is 0.00000400. The number of sulfone groups is 1. The lowest BCUT2D eigenvalue weighted by molar-refractivity contribution is -0.132. The smallest absolute Gasteiger partial charge is 0.356 e. The molecular weight excluding hydrogens is 422 g/mol. The summed E-state index contributed by atoms with van der Waals surface area (Å²) in [6, 6.07) is 0. The lowest BCUT2D eigenvalue weighted by atomic mass is 10.1. The van der Waals surface area contributed by atoms with Crippen LogP contribution in [-0.4, -0.2) is 52.7 Å². The van der Waals surface area contributed by atoms with Crippen LogP contribution < -0.4 is 10.6 Å². The van der Waals surface area contributed by atoms with Gasteiger partial charge < -0.3 is 10.6 Å². The Labute approximate surface area is 140 Å². The van der Waals surface area contributed by atoms with Crippen LogP contribution in [0, 0.1) is 5.41 Å². The lowest BCUT2D eigenvalue weighted by Crippen LogP contribution is -2.42. The second-order valence-electron chi connectivity index (χ2n) is 5.29. The first-order valence-electron chi connectivity index (χ1n) is 6.24. The van der Waals surface area contributed by atoms with Crippen LogP contribution in [0.2, 0.25) is 0 Å². The zero-order chi connectivity index (χ0) is 15.4. The molecule has 0 amide bonds. The fraction of sp³-hybridized carbons (Fsp3) is 0.909. The predicted molar refractivity (Wildman–Crippen MR) is 86.8 cm³/mol. The van der Waals surface area contributed by atoms with E-state index in [9.17, 15) is 21.6 Å². The van der Waals surface area contributed by atoms with Gasteiger partial charge in [-0.1, -0.05) is 0 Å². The molecule has 0 spiro atoms. The fourth-order valence-corrected chi connectivity index (χ4v) is 3.42. The molecule has 0 heterocycles. The summed E-state index contributed by atoms with van der Waals surface area (Å²) < 4.78 is 58.6. The molecule has 0 radical (unpaired) electrons. The van der Waals surface area contributed by atoms with Gasteiger partial charge in [-0.25, -0.2) is 8.42 Å². The van der Waals surface area contributed by atoms with Crippen molar-refractivity contribution in [2.24, 2.45) is 10.4 Å². The van der Waals surface area contributed by atoms with Gasteiger partial charge in [0, 0.05) is 31.8 Å². The molecule has 0 unspecified atom stereocenters. The van der Waals surface area contributed by atoms with Crippen molar-refractivity contribution in [1.29, 1.82) is 0 Å². The van der Waals surface area contributed by atoms with E-state index in [1.165, 1.54) is 13.3 Å². The van der Waals surface area contributed by atoms with E-state index >= 15 is 0 Å². The minimum absolute atomic E-state index is 0. The molecule has 1 fully saturated rings. The first kappa shape index (κ1) is 20.7. The zero-order valence-corrected chi connectivity index (χ0v) is 15.1. The van der Waals surface area contributed by atoms with Crippen LogP contribution in [-0.2, 0) is 9.84 Å². The van der Waals surface area contributed by atoms with Gasteiger partial charge in [-0.05, 0) is 12.8 Å². The maximum atomic E-state index is 12.0. The van der Waals surface area contributed by atoms with Gasteiger partial charge in [-0.15, -0.1) is 24.0 Å². The highest BCUT2D eigenvalue weighted by Crippen LogP contribution is 2.45. The summed E-state index contributed by atoms with van der Waals surface area (Å²) >= 11 is 0. The van der Waals surface area contributed by atoms with Crippen LogP contribution in [0.4, 0.5) is 13.2 Å². The Morgan fingerprint density at radius 1 is 1.29 bits per heavy atom. The second-order valence-corrected chi connectivity index (χ2v) is 7.43. The van der Waals surface area contributed by atoms with Gasteiger partial charge >= 0.3 is 6.18 Å². The molecule has 1 rings (SSSR count). The number of nitrogens with zero attached hydrogens (tertiary/aromatic N) is 1. The molecule has 0 atom stereocenters. The van der Waals surface area contributed by atoms with Gasteiger partial charge in [0.25, 0.3) is 0 Å². The molecule has 0 aromatic rings. The van der Waals surface area contributed by atoms with Crippen LogP contribution in [0.1, 0.15) is 19.3 Å². The third-order valence-corrected chi connectivity index (χ3v) is 4.22. The Morgan fingerprint density at radius 2 is 1.86 bits per heavy atom. The highest BCUT2D eigenvalue weighted by molar-refractivity contribution is 14.0. The molecule has 1 aliphatic rings. The number of guanidine groups is 1. The third-order valence-electron chi connectivity index (χ3n) is 3.08. The predicted octanol–water partition coefficient (Wildman–Crippen LogP) is 1.55. The molecule has 21 heavy (non-hydrogen) atoms. The molecule has 0 saturated heterocycles. The number of alkyl halides is 3. The van der Waals surface area contributed by atoms with Gasteiger partial charge in [0.2, 0.25) is 0 Å². The van der Waals surface area contributed by atoms with Gasteiger partial charge in [0.05, 0.1) is 12.2 Å². The van der Waals surface area contributed by atoms with E-state index in [0.29, 0.717) is 6.54 Å². The van der Waals surface area contributed by atoms with Crippen molar-refractivity contribution in [3.8, 4) is 0 Å². The third kappa shape index (κ3) is 9.38. The Hall–Kier alpha value is -0.260. The Morgan fingerprint density at radius 3 is 2.24 bits per heavy atom. The molecule has 1 aliphatic carbocycles. The molecule has 10 heteroatoms. The Kier molecular flexibility index (Phi) is 7.74. The monoisotopic (exact) mass is 443 g/mol. The SMILES string of the molecule is CN=C(NCCC(F)(F)F)NCC1(CS(C)(=O)=O)CC1.I. The number of hydrogen-bond acceptors (Lipinski definition) is 3. The van der Waals surface area contributed by atoms with Crippen LogP contribution >= 0.6 is 24.0 Å². The molecule has 0 aliphatic heterocycles. The molecule has 0 aromatic heterocycles. The number of rotatable bonds is 6. The van der Waals surface area contributed by atoms with Crippen molar-refractivity contribution in [3.05, 3.63) is 0 Å². The summed E-state index contributed by atoms with van der Waals surface area (Å²) in [5, 5.41) is 5.45. The van der Waals surface area contributed by atoms with E-state index in [1.54, 1.807) is 0 Å². The molecule has 1 saturated carbocycles. The largest absolute Gasteiger partial charge is 0.390 e. The molecule has 0 aromatic carbocycles. The molecule has 0 bridgehead atoms. The first-order valence-corrected chi connectivity index (χ1v) is 8.30. The summed E-state index contributed by atoms with van der Waals surface area (Å²) in [5.41, 5.74) is -0.296. The molecule has 126 valence electrons. The summed E-state index contributed by atoms with van der Waals surface area (Å²) in [7, 11) is -1.60. The normalized spacial score (nSPS) is 17.9.